The highest BCUT2D eigenvalue weighted by atomic mass is 79.9. The molecule has 1 N–H and O–H groups in total. The van der Waals surface area contributed by atoms with Crippen LogP contribution in [0.4, 0.5) is 11.4 Å². The number of carbonyl (C=O) groups is 1. The van der Waals surface area contributed by atoms with Gasteiger partial charge in [-0.05, 0) is 50.1 Å². The van der Waals surface area contributed by atoms with Gasteiger partial charge in [-0.15, -0.1) is 0 Å². The molecular formula is C12H6Br2ClN3O3. The number of nitro groups is 1. The SMILES string of the molecule is O=C(Nc1c(Br)cccc1Br)c1cc(Cl)ncc1[N+](=O)[O-]. The molecule has 1 aromatic heterocycles. The van der Waals surface area contributed by atoms with Crippen molar-refractivity contribution in [1.82, 2.24) is 4.98 Å². The molecule has 0 aliphatic heterocycles. The van der Waals surface area contributed by atoms with Crippen LogP contribution in [0.25, 0.3) is 0 Å². The number of aromatic nitrogens is 1. The molecular weight excluding hydrogens is 429 g/mol. The van der Waals surface area contributed by atoms with Crippen LogP contribution in [0.1, 0.15) is 10.4 Å². The minimum atomic E-state index is -0.687. The summed E-state index contributed by atoms with van der Waals surface area (Å²) in [5.74, 6) is -0.654. The van der Waals surface area contributed by atoms with Gasteiger partial charge in [0.25, 0.3) is 11.6 Å². The monoisotopic (exact) mass is 433 g/mol. The third-order valence-electron chi connectivity index (χ3n) is 2.49. The van der Waals surface area contributed by atoms with Crippen molar-refractivity contribution in [2.45, 2.75) is 0 Å². The van der Waals surface area contributed by atoms with Gasteiger partial charge in [-0.25, -0.2) is 4.98 Å². The molecule has 0 saturated carbocycles. The van der Waals surface area contributed by atoms with Crippen LogP contribution in [0.15, 0.2) is 39.4 Å². The highest BCUT2D eigenvalue weighted by Gasteiger charge is 2.22. The second-order valence-corrected chi connectivity index (χ2v) is 5.93. The average Bonchev–Trinajstić information content (AvgIpc) is 2.42. The van der Waals surface area contributed by atoms with E-state index in [1.165, 1.54) is 0 Å². The standard InChI is InChI=1S/C12H6Br2ClN3O3/c13-7-2-1-3-8(14)11(7)17-12(19)6-4-10(15)16-5-9(6)18(20)21/h1-5H,(H,17,19). The van der Waals surface area contributed by atoms with E-state index in [0.29, 0.717) is 14.6 Å². The van der Waals surface area contributed by atoms with E-state index < -0.39 is 16.5 Å². The maximum Gasteiger partial charge on any atom is 0.300 e. The first-order chi connectivity index (χ1) is 9.90. The van der Waals surface area contributed by atoms with E-state index in [9.17, 15) is 14.9 Å². The van der Waals surface area contributed by atoms with Gasteiger partial charge in [0.05, 0.1) is 10.6 Å². The average molecular weight is 435 g/mol. The number of para-hydroxylation sites is 1. The summed E-state index contributed by atoms with van der Waals surface area (Å²) < 4.78 is 1.26. The van der Waals surface area contributed by atoms with Crippen LogP contribution in [0.5, 0.6) is 0 Å². The first-order valence-corrected chi connectivity index (χ1v) is 7.42. The molecule has 1 heterocycles. The van der Waals surface area contributed by atoms with Gasteiger partial charge in [-0.1, -0.05) is 17.7 Å². The molecule has 21 heavy (non-hydrogen) atoms. The fraction of sp³-hybridized carbons (Fsp3) is 0. The zero-order chi connectivity index (χ0) is 15.6. The molecule has 9 heteroatoms. The van der Waals surface area contributed by atoms with Crippen molar-refractivity contribution in [1.29, 1.82) is 0 Å². The highest BCUT2D eigenvalue weighted by molar-refractivity contribution is 9.11. The van der Waals surface area contributed by atoms with Crippen LogP contribution in [-0.4, -0.2) is 15.8 Å². The summed E-state index contributed by atoms with van der Waals surface area (Å²) in [6, 6.07) is 6.39. The lowest BCUT2D eigenvalue weighted by molar-refractivity contribution is -0.385. The Morgan fingerprint density at radius 1 is 1.33 bits per heavy atom. The van der Waals surface area contributed by atoms with E-state index in [2.05, 4.69) is 42.2 Å². The van der Waals surface area contributed by atoms with Crippen molar-refractivity contribution in [3.8, 4) is 0 Å². The maximum absolute atomic E-state index is 12.3. The van der Waals surface area contributed by atoms with E-state index in [-0.39, 0.29) is 10.7 Å². The van der Waals surface area contributed by atoms with Gasteiger partial charge in [0.15, 0.2) is 0 Å². The summed E-state index contributed by atoms with van der Waals surface area (Å²) in [6.07, 6.45) is 0.951. The molecule has 6 nitrogen and oxygen atoms in total. The first-order valence-electron chi connectivity index (χ1n) is 5.45. The zero-order valence-corrected chi connectivity index (χ0v) is 14.1. The quantitative estimate of drug-likeness (QED) is 0.439. The molecule has 2 rings (SSSR count). The van der Waals surface area contributed by atoms with E-state index in [1.807, 2.05) is 0 Å². The van der Waals surface area contributed by atoms with Gasteiger partial charge in [0, 0.05) is 8.95 Å². The Balaban J connectivity index is 2.41. The van der Waals surface area contributed by atoms with E-state index >= 15 is 0 Å². The van der Waals surface area contributed by atoms with Crippen LogP contribution < -0.4 is 5.32 Å². The van der Waals surface area contributed by atoms with Crippen molar-refractivity contribution in [3.05, 3.63) is 60.2 Å². The topological polar surface area (TPSA) is 85.1 Å². The molecule has 0 bridgehead atoms. The fourth-order valence-corrected chi connectivity index (χ4v) is 2.90. The summed E-state index contributed by atoms with van der Waals surface area (Å²) >= 11 is 12.3. The predicted octanol–water partition coefficient (Wildman–Crippen LogP) is 4.42. The van der Waals surface area contributed by atoms with Gasteiger partial charge >= 0.3 is 0 Å². The van der Waals surface area contributed by atoms with Crippen molar-refractivity contribution in [3.63, 3.8) is 0 Å². The normalized spacial score (nSPS) is 10.2. The fourth-order valence-electron chi connectivity index (χ4n) is 1.55. The molecule has 0 spiro atoms. The Morgan fingerprint density at radius 2 is 1.95 bits per heavy atom. The number of nitrogens with zero attached hydrogens (tertiary/aromatic N) is 2. The smallest absolute Gasteiger partial charge is 0.300 e. The van der Waals surface area contributed by atoms with Crippen LogP contribution in [0.3, 0.4) is 0 Å². The number of benzene rings is 1. The van der Waals surface area contributed by atoms with E-state index in [0.717, 1.165) is 12.3 Å². The molecule has 0 aliphatic rings. The van der Waals surface area contributed by atoms with Gasteiger partial charge in [0.2, 0.25) is 0 Å². The Kier molecular flexibility index (Phi) is 4.92. The number of halogens is 3. The van der Waals surface area contributed by atoms with Gasteiger partial charge in [-0.2, -0.15) is 0 Å². The van der Waals surface area contributed by atoms with Crippen LogP contribution in [0.2, 0.25) is 5.15 Å². The molecule has 0 aliphatic carbocycles. The number of hydrogen-bond donors (Lipinski definition) is 1. The third kappa shape index (κ3) is 3.58. The van der Waals surface area contributed by atoms with Crippen molar-refractivity contribution in [2.24, 2.45) is 0 Å². The van der Waals surface area contributed by atoms with Crippen LogP contribution >= 0.6 is 43.5 Å². The molecule has 0 saturated heterocycles. The number of anilines is 1. The minimum Gasteiger partial charge on any atom is -0.320 e. The second-order valence-electron chi connectivity index (χ2n) is 3.83. The van der Waals surface area contributed by atoms with E-state index in [4.69, 9.17) is 11.6 Å². The Bertz CT molecular complexity index is 719. The molecule has 108 valence electrons. The molecule has 1 amide bonds. The Hall–Kier alpha value is -1.51. The van der Waals surface area contributed by atoms with Gasteiger partial charge < -0.3 is 5.32 Å². The molecule has 0 atom stereocenters. The zero-order valence-electron chi connectivity index (χ0n) is 10.1. The van der Waals surface area contributed by atoms with Crippen molar-refractivity contribution < 1.29 is 9.72 Å². The lowest BCUT2D eigenvalue weighted by Crippen LogP contribution is -2.15. The predicted molar refractivity (Wildman–Crippen MR) is 85.7 cm³/mol. The molecule has 0 fully saturated rings. The first kappa shape index (κ1) is 15.9. The summed E-state index contributed by atoms with van der Waals surface area (Å²) in [5.41, 5.74) is -0.118. The van der Waals surface area contributed by atoms with Crippen molar-refractivity contribution >= 4 is 60.7 Å². The van der Waals surface area contributed by atoms with Gasteiger partial charge in [-0.3, -0.25) is 14.9 Å². The maximum atomic E-state index is 12.3. The van der Waals surface area contributed by atoms with Gasteiger partial charge in [0.1, 0.15) is 16.9 Å². The second kappa shape index (κ2) is 6.50. The molecule has 0 radical (unpaired) electrons. The Labute approximate surface area is 140 Å². The largest absolute Gasteiger partial charge is 0.320 e. The summed E-state index contributed by atoms with van der Waals surface area (Å²) in [7, 11) is 0. The molecule has 0 unspecified atom stereocenters. The summed E-state index contributed by atoms with van der Waals surface area (Å²) in [6.45, 7) is 0. The third-order valence-corrected chi connectivity index (χ3v) is 4.02. The Morgan fingerprint density at radius 3 is 2.52 bits per heavy atom. The lowest BCUT2D eigenvalue weighted by Gasteiger charge is -2.09. The van der Waals surface area contributed by atoms with Crippen LogP contribution in [-0.2, 0) is 0 Å². The summed E-state index contributed by atoms with van der Waals surface area (Å²) in [5, 5.41) is 13.5. The molecule has 1 aromatic carbocycles. The number of hydrogen-bond acceptors (Lipinski definition) is 4. The minimum absolute atomic E-state index is 0.00283. The number of nitrogens with one attached hydrogen (secondary N) is 1. The number of amides is 1. The van der Waals surface area contributed by atoms with E-state index in [1.54, 1.807) is 18.2 Å². The number of carbonyl (C=O) groups excluding carboxylic acids is 1. The number of pyridine rings is 1. The lowest BCUT2D eigenvalue weighted by atomic mass is 10.2. The number of rotatable bonds is 3. The molecule has 2 aromatic rings. The highest BCUT2D eigenvalue weighted by Crippen LogP contribution is 2.31. The van der Waals surface area contributed by atoms with Crippen LogP contribution in [0, 0.1) is 10.1 Å². The summed E-state index contributed by atoms with van der Waals surface area (Å²) in [4.78, 5) is 26.1. The van der Waals surface area contributed by atoms with Crippen molar-refractivity contribution in [2.75, 3.05) is 5.32 Å².